The molecule has 1 N–H and O–H groups in total. The largest absolute Gasteiger partial charge is 0.341 e. The Hall–Kier alpha value is -2.43. The summed E-state index contributed by atoms with van der Waals surface area (Å²) in [5.74, 6) is -0.225. The van der Waals surface area contributed by atoms with Gasteiger partial charge < -0.3 is 10.2 Å². The number of pyridine rings is 1. The van der Waals surface area contributed by atoms with Crippen LogP contribution in [0, 0.1) is 0 Å². The molecule has 0 unspecified atom stereocenters. The molecule has 2 aromatic rings. The number of piperazine rings is 1. The molecule has 1 aromatic heterocycles. The van der Waals surface area contributed by atoms with Gasteiger partial charge in [-0.2, -0.15) is 0 Å². The summed E-state index contributed by atoms with van der Waals surface area (Å²) in [6.45, 7) is 3.86. The number of rotatable bonds is 2. The third kappa shape index (κ3) is 2.59. The van der Waals surface area contributed by atoms with Gasteiger partial charge in [-0.05, 0) is 26.0 Å². The van der Waals surface area contributed by atoms with E-state index in [0.29, 0.717) is 6.54 Å². The van der Waals surface area contributed by atoms with Crippen molar-refractivity contribution in [3.05, 3.63) is 42.1 Å². The molecule has 21 heavy (non-hydrogen) atoms. The fourth-order valence-corrected chi connectivity index (χ4v) is 2.60. The van der Waals surface area contributed by atoms with Crippen molar-refractivity contribution in [2.45, 2.75) is 25.9 Å². The molecule has 0 spiro atoms. The first-order chi connectivity index (χ1) is 9.95. The number of para-hydroxylation sites is 1. The zero-order chi connectivity index (χ0) is 15.0. The van der Waals surface area contributed by atoms with Crippen LogP contribution < -0.4 is 5.32 Å². The van der Waals surface area contributed by atoms with E-state index in [9.17, 15) is 9.59 Å². The summed E-state index contributed by atoms with van der Waals surface area (Å²) in [6, 6.07) is 11.7. The Kier molecular flexibility index (Phi) is 3.12. The van der Waals surface area contributed by atoms with Crippen molar-refractivity contribution in [2.75, 3.05) is 6.54 Å². The van der Waals surface area contributed by atoms with E-state index in [0.717, 1.165) is 16.6 Å². The second-order valence-electron chi connectivity index (χ2n) is 5.83. The third-order valence-corrected chi connectivity index (χ3v) is 3.62. The minimum atomic E-state index is -0.855. The Bertz CT molecular complexity index is 724. The van der Waals surface area contributed by atoms with Gasteiger partial charge in [-0.3, -0.25) is 14.6 Å². The summed E-state index contributed by atoms with van der Waals surface area (Å²) in [5, 5.41) is 3.76. The minimum absolute atomic E-state index is 0.0801. The smallest absolute Gasteiger partial charge is 0.248 e. The lowest BCUT2D eigenvalue weighted by molar-refractivity contribution is -0.149. The summed E-state index contributed by atoms with van der Waals surface area (Å²) in [6.07, 6.45) is 0. The standard InChI is InChI=1S/C16H17N3O2/c1-16(2)15(21)19(10-14(20)18-16)9-12-8-7-11-5-3-4-6-13(11)17-12/h3-8H,9-10H2,1-2H3,(H,18,20). The molecule has 3 rings (SSSR count). The summed E-state index contributed by atoms with van der Waals surface area (Å²) < 4.78 is 0. The van der Waals surface area contributed by atoms with Gasteiger partial charge in [0.1, 0.15) is 12.1 Å². The van der Waals surface area contributed by atoms with Crippen LogP contribution in [-0.4, -0.2) is 33.8 Å². The number of benzene rings is 1. The Morgan fingerprint density at radius 2 is 1.95 bits per heavy atom. The van der Waals surface area contributed by atoms with Crippen LogP contribution in [0.2, 0.25) is 0 Å². The lowest BCUT2D eigenvalue weighted by Crippen LogP contribution is -2.63. The SMILES string of the molecule is CC1(C)NC(=O)CN(Cc2ccc3ccccc3n2)C1=O. The summed E-state index contributed by atoms with van der Waals surface area (Å²) >= 11 is 0. The Morgan fingerprint density at radius 3 is 2.76 bits per heavy atom. The van der Waals surface area contributed by atoms with Crippen molar-refractivity contribution in [2.24, 2.45) is 0 Å². The quantitative estimate of drug-likeness (QED) is 0.908. The summed E-state index contributed by atoms with van der Waals surface area (Å²) in [7, 11) is 0. The third-order valence-electron chi connectivity index (χ3n) is 3.62. The molecule has 0 saturated carbocycles. The average Bonchev–Trinajstić information content (AvgIpc) is 2.44. The molecule has 2 heterocycles. The van der Waals surface area contributed by atoms with E-state index in [4.69, 9.17) is 0 Å². The van der Waals surface area contributed by atoms with Crippen molar-refractivity contribution < 1.29 is 9.59 Å². The van der Waals surface area contributed by atoms with Crippen LogP contribution in [0.3, 0.4) is 0 Å². The number of nitrogens with one attached hydrogen (secondary N) is 1. The second kappa shape index (κ2) is 4.84. The van der Waals surface area contributed by atoms with E-state index in [-0.39, 0.29) is 18.4 Å². The number of nitrogens with zero attached hydrogens (tertiary/aromatic N) is 2. The fourth-order valence-electron chi connectivity index (χ4n) is 2.60. The molecule has 5 nitrogen and oxygen atoms in total. The van der Waals surface area contributed by atoms with Crippen molar-refractivity contribution in [1.29, 1.82) is 0 Å². The van der Waals surface area contributed by atoms with Gasteiger partial charge in [-0.15, -0.1) is 0 Å². The highest BCUT2D eigenvalue weighted by Gasteiger charge is 2.39. The number of hydrogen-bond acceptors (Lipinski definition) is 3. The Labute approximate surface area is 123 Å². The maximum Gasteiger partial charge on any atom is 0.248 e. The van der Waals surface area contributed by atoms with Crippen LogP contribution in [0.5, 0.6) is 0 Å². The van der Waals surface area contributed by atoms with E-state index in [1.165, 1.54) is 0 Å². The molecule has 0 radical (unpaired) electrons. The molecule has 108 valence electrons. The molecule has 1 aromatic carbocycles. The highest BCUT2D eigenvalue weighted by atomic mass is 16.2. The van der Waals surface area contributed by atoms with Gasteiger partial charge in [0, 0.05) is 5.39 Å². The van der Waals surface area contributed by atoms with Gasteiger partial charge >= 0.3 is 0 Å². The van der Waals surface area contributed by atoms with E-state index in [1.807, 2.05) is 36.4 Å². The minimum Gasteiger partial charge on any atom is -0.341 e. The van der Waals surface area contributed by atoms with Crippen molar-refractivity contribution in [3.8, 4) is 0 Å². The van der Waals surface area contributed by atoms with Crippen molar-refractivity contribution in [1.82, 2.24) is 15.2 Å². The van der Waals surface area contributed by atoms with Crippen LogP contribution in [0.4, 0.5) is 0 Å². The monoisotopic (exact) mass is 283 g/mol. The lowest BCUT2D eigenvalue weighted by atomic mass is 10.0. The molecule has 2 amide bonds. The van der Waals surface area contributed by atoms with E-state index in [2.05, 4.69) is 10.3 Å². The van der Waals surface area contributed by atoms with E-state index in [1.54, 1.807) is 18.7 Å². The highest BCUT2D eigenvalue weighted by Crippen LogP contribution is 2.17. The maximum atomic E-state index is 12.3. The van der Waals surface area contributed by atoms with Crippen LogP contribution in [0.25, 0.3) is 10.9 Å². The Balaban J connectivity index is 1.87. The lowest BCUT2D eigenvalue weighted by Gasteiger charge is -2.37. The Morgan fingerprint density at radius 1 is 1.19 bits per heavy atom. The van der Waals surface area contributed by atoms with Gasteiger partial charge in [-0.1, -0.05) is 24.3 Å². The molecule has 1 aliphatic rings. The van der Waals surface area contributed by atoms with Crippen LogP contribution >= 0.6 is 0 Å². The van der Waals surface area contributed by atoms with Gasteiger partial charge in [-0.25, -0.2) is 0 Å². The van der Waals surface area contributed by atoms with Gasteiger partial charge in [0.25, 0.3) is 0 Å². The molecule has 5 heteroatoms. The first kappa shape index (κ1) is 13.5. The summed E-state index contributed by atoms with van der Waals surface area (Å²) in [5.41, 5.74) is 0.822. The van der Waals surface area contributed by atoms with E-state index >= 15 is 0 Å². The average molecular weight is 283 g/mol. The topological polar surface area (TPSA) is 62.3 Å². The predicted molar refractivity (Wildman–Crippen MR) is 79.4 cm³/mol. The summed E-state index contributed by atoms with van der Waals surface area (Å²) in [4.78, 5) is 30.2. The molecule has 1 aliphatic heterocycles. The van der Waals surface area contributed by atoms with E-state index < -0.39 is 5.54 Å². The zero-order valence-corrected chi connectivity index (χ0v) is 12.1. The number of carbonyl (C=O) groups is 2. The number of amides is 2. The van der Waals surface area contributed by atoms with Crippen molar-refractivity contribution >= 4 is 22.7 Å². The highest BCUT2D eigenvalue weighted by molar-refractivity contribution is 5.97. The molecule has 0 aliphatic carbocycles. The normalized spacial score (nSPS) is 17.9. The number of aromatic nitrogens is 1. The molecule has 1 saturated heterocycles. The first-order valence-electron chi connectivity index (χ1n) is 6.91. The van der Waals surface area contributed by atoms with Crippen molar-refractivity contribution in [3.63, 3.8) is 0 Å². The second-order valence-corrected chi connectivity index (χ2v) is 5.83. The predicted octanol–water partition coefficient (Wildman–Crippen LogP) is 1.47. The molecule has 0 atom stereocenters. The number of carbonyl (C=O) groups excluding carboxylic acids is 2. The van der Waals surface area contributed by atoms with Gasteiger partial charge in [0.2, 0.25) is 11.8 Å². The maximum absolute atomic E-state index is 12.3. The molecular weight excluding hydrogens is 266 g/mol. The zero-order valence-electron chi connectivity index (χ0n) is 12.1. The van der Waals surface area contributed by atoms with Crippen LogP contribution in [0.1, 0.15) is 19.5 Å². The fraction of sp³-hybridized carbons (Fsp3) is 0.312. The van der Waals surface area contributed by atoms with Gasteiger partial charge in [0.05, 0.1) is 17.8 Å². The number of fused-ring (bicyclic) bond motifs is 1. The number of hydrogen-bond donors (Lipinski definition) is 1. The van der Waals surface area contributed by atoms with Crippen LogP contribution in [0.15, 0.2) is 36.4 Å². The first-order valence-corrected chi connectivity index (χ1v) is 6.91. The van der Waals surface area contributed by atoms with Crippen LogP contribution in [-0.2, 0) is 16.1 Å². The molecular formula is C16H17N3O2. The van der Waals surface area contributed by atoms with Gasteiger partial charge in [0.15, 0.2) is 0 Å². The molecule has 1 fully saturated rings. The molecule has 0 bridgehead atoms.